The number of aromatic nitrogens is 2. The van der Waals surface area contributed by atoms with Crippen molar-refractivity contribution in [1.29, 1.82) is 0 Å². The summed E-state index contributed by atoms with van der Waals surface area (Å²) in [4.78, 5) is 17.6. The van der Waals surface area contributed by atoms with Crippen molar-refractivity contribution in [3.05, 3.63) is 28.4 Å². The molecule has 1 saturated carbocycles. The van der Waals surface area contributed by atoms with E-state index >= 15 is 0 Å². The highest BCUT2D eigenvalue weighted by molar-refractivity contribution is 5.09. The Hall–Kier alpha value is -1.16. The number of rotatable bonds is 1. The Balaban J connectivity index is 2.39. The molecule has 3 N–H and O–H groups in total. The molecule has 0 spiro atoms. The van der Waals surface area contributed by atoms with Crippen LogP contribution in [0.5, 0.6) is 0 Å². The van der Waals surface area contributed by atoms with E-state index in [2.05, 4.69) is 9.97 Å². The van der Waals surface area contributed by atoms with Gasteiger partial charge in [-0.3, -0.25) is 4.79 Å². The summed E-state index contributed by atoms with van der Waals surface area (Å²) in [5.74, 6) is 0.626. The molecule has 0 unspecified atom stereocenters. The van der Waals surface area contributed by atoms with Crippen LogP contribution in [0, 0.1) is 0 Å². The summed E-state index contributed by atoms with van der Waals surface area (Å²) in [7, 11) is 0. The van der Waals surface area contributed by atoms with E-state index in [1.807, 2.05) is 0 Å². The quantitative estimate of drug-likeness (QED) is 0.620. The van der Waals surface area contributed by atoms with Gasteiger partial charge in [0, 0.05) is 12.3 Å². The molecule has 1 aromatic heterocycles. The van der Waals surface area contributed by atoms with Crippen LogP contribution in [0.4, 0.5) is 0 Å². The molecule has 64 valence electrons. The molecule has 2 rings (SSSR count). The number of nitrogens with one attached hydrogen (secondary N) is 1. The van der Waals surface area contributed by atoms with E-state index in [1.165, 1.54) is 12.3 Å². The third-order valence-corrected chi connectivity index (χ3v) is 2.39. The lowest BCUT2D eigenvalue weighted by Crippen LogP contribution is -2.45. The summed E-state index contributed by atoms with van der Waals surface area (Å²) in [6, 6.07) is 1.39. The molecule has 1 aromatic rings. The molecule has 0 bridgehead atoms. The Morgan fingerprint density at radius 2 is 2.33 bits per heavy atom. The largest absolute Gasteiger partial charge is 0.319 e. The molecule has 0 radical (unpaired) electrons. The van der Waals surface area contributed by atoms with Crippen molar-refractivity contribution >= 4 is 0 Å². The highest BCUT2D eigenvalue weighted by atomic mass is 16.1. The first-order chi connectivity index (χ1) is 5.71. The van der Waals surface area contributed by atoms with Crippen molar-refractivity contribution in [2.45, 2.75) is 24.8 Å². The Labute approximate surface area is 69.8 Å². The van der Waals surface area contributed by atoms with Crippen LogP contribution in [0.2, 0.25) is 0 Å². The van der Waals surface area contributed by atoms with Gasteiger partial charge in [0.1, 0.15) is 5.82 Å². The van der Waals surface area contributed by atoms with Gasteiger partial charge in [-0.1, -0.05) is 0 Å². The maximum atomic E-state index is 10.9. The SMILES string of the molecule is NC1(c2nccc(=O)[nH]2)CCC1. The molecule has 12 heavy (non-hydrogen) atoms. The van der Waals surface area contributed by atoms with Gasteiger partial charge in [-0.15, -0.1) is 0 Å². The highest BCUT2D eigenvalue weighted by Gasteiger charge is 2.36. The first-order valence-corrected chi connectivity index (χ1v) is 4.05. The van der Waals surface area contributed by atoms with E-state index in [1.54, 1.807) is 0 Å². The fourth-order valence-corrected chi connectivity index (χ4v) is 1.42. The van der Waals surface area contributed by atoms with Crippen LogP contribution in [0.15, 0.2) is 17.1 Å². The second kappa shape index (κ2) is 2.42. The van der Waals surface area contributed by atoms with Crippen LogP contribution in [-0.2, 0) is 5.54 Å². The highest BCUT2D eigenvalue weighted by Crippen LogP contribution is 2.35. The lowest BCUT2D eigenvalue weighted by atomic mass is 9.77. The van der Waals surface area contributed by atoms with Crippen LogP contribution >= 0.6 is 0 Å². The summed E-state index contributed by atoms with van der Waals surface area (Å²) in [6.07, 6.45) is 4.45. The first kappa shape index (κ1) is 7.49. The minimum atomic E-state index is -0.361. The van der Waals surface area contributed by atoms with Crippen LogP contribution in [0.25, 0.3) is 0 Å². The normalized spacial score (nSPS) is 20.1. The van der Waals surface area contributed by atoms with E-state index in [4.69, 9.17) is 5.73 Å². The fourth-order valence-electron chi connectivity index (χ4n) is 1.42. The summed E-state index contributed by atoms with van der Waals surface area (Å²) in [5, 5.41) is 0. The molecule has 0 saturated heterocycles. The smallest absolute Gasteiger partial charge is 0.250 e. The predicted molar refractivity (Wildman–Crippen MR) is 44.6 cm³/mol. The van der Waals surface area contributed by atoms with Crippen molar-refractivity contribution in [2.24, 2.45) is 5.73 Å². The molecule has 4 heteroatoms. The van der Waals surface area contributed by atoms with E-state index < -0.39 is 0 Å². The van der Waals surface area contributed by atoms with Crippen molar-refractivity contribution in [1.82, 2.24) is 9.97 Å². The standard InChI is InChI=1S/C8H11N3O/c9-8(3-1-4-8)7-10-5-2-6(12)11-7/h2,5H,1,3-4,9H2,(H,10,11,12). The molecule has 0 amide bonds. The van der Waals surface area contributed by atoms with Crippen LogP contribution in [-0.4, -0.2) is 9.97 Å². The van der Waals surface area contributed by atoms with E-state index in [9.17, 15) is 4.79 Å². The molecular formula is C8H11N3O. The summed E-state index contributed by atoms with van der Waals surface area (Å²) >= 11 is 0. The Morgan fingerprint density at radius 1 is 1.58 bits per heavy atom. The number of aromatic amines is 1. The average Bonchev–Trinajstić information content (AvgIpc) is 2.00. The molecule has 4 nitrogen and oxygen atoms in total. The number of nitrogens with zero attached hydrogens (tertiary/aromatic N) is 1. The zero-order valence-corrected chi connectivity index (χ0v) is 6.71. The summed E-state index contributed by atoms with van der Waals surface area (Å²) < 4.78 is 0. The third-order valence-electron chi connectivity index (χ3n) is 2.39. The summed E-state index contributed by atoms with van der Waals surface area (Å²) in [5.41, 5.74) is 5.47. The molecular weight excluding hydrogens is 154 g/mol. The maximum Gasteiger partial charge on any atom is 0.250 e. The lowest BCUT2D eigenvalue weighted by molar-refractivity contribution is 0.237. The molecule has 0 atom stereocenters. The topological polar surface area (TPSA) is 71.8 Å². The van der Waals surface area contributed by atoms with Crippen LogP contribution < -0.4 is 11.3 Å². The van der Waals surface area contributed by atoms with Gasteiger partial charge < -0.3 is 10.7 Å². The van der Waals surface area contributed by atoms with Gasteiger partial charge in [0.25, 0.3) is 5.56 Å². The number of H-pyrrole nitrogens is 1. The van der Waals surface area contributed by atoms with Gasteiger partial charge in [0.2, 0.25) is 0 Å². The van der Waals surface area contributed by atoms with Crippen molar-refractivity contribution in [2.75, 3.05) is 0 Å². The van der Waals surface area contributed by atoms with Gasteiger partial charge in [-0.2, -0.15) is 0 Å². The Kier molecular flexibility index (Phi) is 1.51. The zero-order chi connectivity index (χ0) is 8.60. The molecule has 0 aliphatic heterocycles. The van der Waals surface area contributed by atoms with Gasteiger partial charge in [0.15, 0.2) is 0 Å². The molecule has 1 aliphatic rings. The van der Waals surface area contributed by atoms with Crippen molar-refractivity contribution in [3.63, 3.8) is 0 Å². The third kappa shape index (κ3) is 1.04. The van der Waals surface area contributed by atoms with Gasteiger partial charge >= 0.3 is 0 Å². The summed E-state index contributed by atoms with van der Waals surface area (Å²) in [6.45, 7) is 0. The fraction of sp³-hybridized carbons (Fsp3) is 0.500. The van der Waals surface area contributed by atoms with Gasteiger partial charge in [0.05, 0.1) is 5.54 Å². The monoisotopic (exact) mass is 165 g/mol. The Morgan fingerprint density at radius 3 is 2.83 bits per heavy atom. The van der Waals surface area contributed by atoms with Crippen LogP contribution in [0.1, 0.15) is 25.1 Å². The number of hydrogen-bond acceptors (Lipinski definition) is 3. The van der Waals surface area contributed by atoms with Crippen LogP contribution in [0.3, 0.4) is 0 Å². The molecule has 1 aliphatic carbocycles. The van der Waals surface area contributed by atoms with Crippen molar-refractivity contribution in [3.8, 4) is 0 Å². The lowest BCUT2D eigenvalue weighted by Gasteiger charge is -2.36. The number of hydrogen-bond donors (Lipinski definition) is 2. The number of nitrogens with two attached hydrogens (primary N) is 1. The Bertz CT molecular complexity index is 340. The minimum Gasteiger partial charge on any atom is -0.319 e. The molecule has 1 fully saturated rings. The van der Waals surface area contributed by atoms with Gasteiger partial charge in [-0.25, -0.2) is 4.98 Å². The van der Waals surface area contributed by atoms with E-state index in [-0.39, 0.29) is 11.1 Å². The molecule has 1 heterocycles. The van der Waals surface area contributed by atoms with Crippen molar-refractivity contribution < 1.29 is 0 Å². The zero-order valence-electron chi connectivity index (χ0n) is 6.71. The van der Waals surface area contributed by atoms with E-state index in [0.29, 0.717) is 5.82 Å². The first-order valence-electron chi connectivity index (χ1n) is 4.05. The molecule has 0 aromatic carbocycles. The maximum absolute atomic E-state index is 10.9. The second-order valence-corrected chi connectivity index (χ2v) is 3.29. The predicted octanol–water partition coefficient (Wildman–Crippen LogP) is 0.108. The average molecular weight is 165 g/mol. The second-order valence-electron chi connectivity index (χ2n) is 3.29. The van der Waals surface area contributed by atoms with E-state index in [0.717, 1.165) is 19.3 Å². The van der Waals surface area contributed by atoms with Gasteiger partial charge in [-0.05, 0) is 19.3 Å². The minimum absolute atomic E-state index is 0.128.